The summed E-state index contributed by atoms with van der Waals surface area (Å²) < 4.78 is 2.30. The zero-order valence-electron chi connectivity index (χ0n) is 10.6. The van der Waals surface area contributed by atoms with Gasteiger partial charge < -0.3 is 15.4 Å². The van der Waals surface area contributed by atoms with E-state index in [4.69, 9.17) is 5.73 Å². The van der Waals surface area contributed by atoms with Gasteiger partial charge in [-0.05, 0) is 38.1 Å². The molecule has 3 heteroatoms. The first kappa shape index (κ1) is 12.0. The summed E-state index contributed by atoms with van der Waals surface area (Å²) in [7, 11) is 0. The molecule has 1 heterocycles. The molecule has 0 bridgehead atoms. The fourth-order valence-corrected chi connectivity index (χ4v) is 2.32. The van der Waals surface area contributed by atoms with E-state index in [0.29, 0.717) is 24.3 Å². The maximum absolute atomic E-state index is 9.53. The van der Waals surface area contributed by atoms with Crippen LogP contribution in [0.4, 0.5) is 0 Å². The predicted octanol–water partition coefficient (Wildman–Crippen LogP) is 2.99. The van der Waals surface area contributed by atoms with Crippen molar-refractivity contribution < 1.29 is 5.11 Å². The fraction of sp³-hybridized carbons (Fsp3) is 0.429. The van der Waals surface area contributed by atoms with Gasteiger partial charge in [0.15, 0.2) is 0 Å². The van der Waals surface area contributed by atoms with E-state index in [9.17, 15) is 5.11 Å². The van der Waals surface area contributed by atoms with Gasteiger partial charge in [0.2, 0.25) is 0 Å². The third kappa shape index (κ3) is 2.03. The SMILES string of the molecule is CC(CN)c1cc2cc(O)ccc2n1C(C)C. The van der Waals surface area contributed by atoms with Crippen molar-refractivity contribution in [2.24, 2.45) is 5.73 Å². The van der Waals surface area contributed by atoms with Crippen LogP contribution >= 0.6 is 0 Å². The van der Waals surface area contributed by atoms with Gasteiger partial charge in [-0.2, -0.15) is 0 Å². The molecule has 92 valence electrons. The van der Waals surface area contributed by atoms with Gasteiger partial charge in [0.1, 0.15) is 5.75 Å². The monoisotopic (exact) mass is 232 g/mol. The molecule has 0 radical (unpaired) electrons. The molecule has 17 heavy (non-hydrogen) atoms. The highest BCUT2D eigenvalue weighted by Gasteiger charge is 2.15. The number of aromatic nitrogens is 1. The second kappa shape index (κ2) is 4.41. The van der Waals surface area contributed by atoms with E-state index in [-0.39, 0.29) is 0 Å². The minimum Gasteiger partial charge on any atom is -0.508 e. The van der Waals surface area contributed by atoms with Gasteiger partial charge in [0.05, 0.1) is 0 Å². The first-order chi connectivity index (χ1) is 8.04. The summed E-state index contributed by atoms with van der Waals surface area (Å²) >= 11 is 0. The summed E-state index contributed by atoms with van der Waals surface area (Å²) in [5.74, 6) is 0.636. The van der Waals surface area contributed by atoms with Crippen molar-refractivity contribution in [2.75, 3.05) is 6.54 Å². The van der Waals surface area contributed by atoms with Gasteiger partial charge in [-0.1, -0.05) is 6.92 Å². The van der Waals surface area contributed by atoms with E-state index >= 15 is 0 Å². The zero-order chi connectivity index (χ0) is 12.6. The Morgan fingerprint density at radius 3 is 2.53 bits per heavy atom. The van der Waals surface area contributed by atoms with Crippen LogP contribution in [0.15, 0.2) is 24.3 Å². The van der Waals surface area contributed by atoms with Crippen molar-refractivity contribution in [3.8, 4) is 5.75 Å². The molecule has 3 N–H and O–H groups in total. The summed E-state index contributed by atoms with van der Waals surface area (Å²) in [5, 5.41) is 10.6. The number of nitrogens with two attached hydrogens (primary N) is 1. The van der Waals surface area contributed by atoms with E-state index in [1.165, 1.54) is 5.69 Å². The highest BCUT2D eigenvalue weighted by atomic mass is 16.3. The van der Waals surface area contributed by atoms with Gasteiger partial charge in [-0.25, -0.2) is 0 Å². The average Bonchev–Trinajstić information content (AvgIpc) is 2.66. The van der Waals surface area contributed by atoms with Crippen LogP contribution in [0, 0.1) is 0 Å². The van der Waals surface area contributed by atoms with E-state index in [1.807, 2.05) is 6.07 Å². The lowest BCUT2D eigenvalue weighted by Crippen LogP contribution is -2.14. The number of phenols is 1. The molecular weight excluding hydrogens is 212 g/mol. The third-order valence-corrected chi connectivity index (χ3v) is 3.23. The van der Waals surface area contributed by atoms with Crippen molar-refractivity contribution in [1.82, 2.24) is 4.57 Å². The minimum atomic E-state index is 0.311. The van der Waals surface area contributed by atoms with Crippen molar-refractivity contribution in [2.45, 2.75) is 32.7 Å². The highest BCUT2D eigenvalue weighted by molar-refractivity contribution is 5.83. The molecular formula is C14H20N2O. The van der Waals surface area contributed by atoms with Crippen LogP contribution in [0.3, 0.4) is 0 Å². The molecule has 1 aromatic heterocycles. The van der Waals surface area contributed by atoms with Crippen LogP contribution < -0.4 is 5.73 Å². The number of fused-ring (bicyclic) bond motifs is 1. The Bertz CT molecular complexity index is 528. The van der Waals surface area contributed by atoms with Crippen molar-refractivity contribution in [3.05, 3.63) is 30.0 Å². The molecule has 0 fully saturated rings. The van der Waals surface area contributed by atoms with Gasteiger partial charge in [-0.15, -0.1) is 0 Å². The Labute approximate surface area is 102 Å². The molecule has 1 aromatic carbocycles. The molecule has 1 unspecified atom stereocenters. The zero-order valence-corrected chi connectivity index (χ0v) is 10.6. The molecule has 2 aromatic rings. The van der Waals surface area contributed by atoms with Gasteiger partial charge in [-0.3, -0.25) is 0 Å². The van der Waals surface area contributed by atoms with Gasteiger partial charge in [0, 0.05) is 35.1 Å². The van der Waals surface area contributed by atoms with Crippen LogP contribution in [-0.4, -0.2) is 16.2 Å². The summed E-state index contributed by atoms with van der Waals surface area (Å²) in [4.78, 5) is 0. The first-order valence-corrected chi connectivity index (χ1v) is 6.08. The van der Waals surface area contributed by atoms with E-state index in [1.54, 1.807) is 12.1 Å². The molecule has 3 nitrogen and oxygen atoms in total. The normalized spacial score (nSPS) is 13.5. The molecule has 0 saturated carbocycles. The maximum atomic E-state index is 9.53. The second-order valence-electron chi connectivity index (χ2n) is 4.91. The van der Waals surface area contributed by atoms with Gasteiger partial charge >= 0.3 is 0 Å². The van der Waals surface area contributed by atoms with Crippen LogP contribution in [0.1, 0.15) is 38.4 Å². The lowest BCUT2D eigenvalue weighted by atomic mass is 10.1. The Balaban J connectivity index is 2.70. The van der Waals surface area contributed by atoms with Gasteiger partial charge in [0.25, 0.3) is 0 Å². The Hall–Kier alpha value is -1.48. The minimum absolute atomic E-state index is 0.311. The number of hydrogen-bond acceptors (Lipinski definition) is 2. The van der Waals surface area contributed by atoms with Crippen LogP contribution in [0.25, 0.3) is 10.9 Å². The highest BCUT2D eigenvalue weighted by Crippen LogP contribution is 2.30. The molecule has 0 spiro atoms. The number of phenolic OH excluding ortho intramolecular Hbond substituents is 1. The van der Waals surface area contributed by atoms with Crippen molar-refractivity contribution >= 4 is 10.9 Å². The number of hydrogen-bond donors (Lipinski definition) is 2. The Kier molecular flexibility index (Phi) is 3.11. The first-order valence-electron chi connectivity index (χ1n) is 6.08. The van der Waals surface area contributed by atoms with Crippen molar-refractivity contribution in [1.29, 1.82) is 0 Å². The van der Waals surface area contributed by atoms with Crippen LogP contribution in [0.2, 0.25) is 0 Å². The Morgan fingerprint density at radius 2 is 1.94 bits per heavy atom. The lowest BCUT2D eigenvalue weighted by molar-refractivity contribution is 0.476. The number of nitrogens with zero attached hydrogens (tertiary/aromatic N) is 1. The number of rotatable bonds is 3. The van der Waals surface area contributed by atoms with E-state index in [0.717, 1.165) is 10.9 Å². The van der Waals surface area contributed by atoms with Crippen molar-refractivity contribution in [3.63, 3.8) is 0 Å². The topological polar surface area (TPSA) is 51.2 Å². The maximum Gasteiger partial charge on any atom is 0.116 e. The Morgan fingerprint density at radius 1 is 1.24 bits per heavy atom. The number of benzene rings is 1. The molecule has 1 atom stereocenters. The molecule has 0 amide bonds. The molecule has 0 saturated heterocycles. The van der Waals surface area contributed by atoms with E-state index in [2.05, 4.69) is 31.4 Å². The second-order valence-corrected chi connectivity index (χ2v) is 4.91. The quantitative estimate of drug-likeness (QED) is 0.854. The third-order valence-electron chi connectivity index (χ3n) is 3.23. The standard InChI is InChI=1S/C14H20N2O/c1-9(2)16-13-5-4-12(17)6-11(13)7-14(16)10(3)8-15/h4-7,9-10,17H,8,15H2,1-3H3. The lowest BCUT2D eigenvalue weighted by Gasteiger charge is -2.18. The molecule has 2 rings (SSSR count). The summed E-state index contributed by atoms with van der Waals surface area (Å²) in [6.45, 7) is 7.10. The molecule has 0 aliphatic rings. The van der Waals surface area contributed by atoms with Crippen LogP contribution in [0.5, 0.6) is 5.75 Å². The fourth-order valence-electron chi connectivity index (χ4n) is 2.32. The summed E-state index contributed by atoms with van der Waals surface area (Å²) in [5.41, 5.74) is 8.16. The molecule has 0 aliphatic carbocycles. The summed E-state index contributed by atoms with van der Waals surface area (Å²) in [6, 6.07) is 8.03. The average molecular weight is 232 g/mol. The molecule has 0 aliphatic heterocycles. The largest absolute Gasteiger partial charge is 0.508 e. The van der Waals surface area contributed by atoms with E-state index < -0.39 is 0 Å². The smallest absolute Gasteiger partial charge is 0.116 e. The number of aromatic hydroxyl groups is 1. The van der Waals surface area contributed by atoms with Crippen LogP contribution in [-0.2, 0) is 0 Å². The predicted molar refractivity (Wildman–Crippen MR) is 71.5 cm³/mol. The summed E-state index contributed by atoms with van der Waals surface area (Å²) in [6.07, 6.45) is 0.